The molecule has 2 amide bonds. The van der Waals surface area contributed by atoms with Crippen LogP contribution in [0.2, 0.25) is 0 Å². The van der Waals surface area contributed by atoms with Gasteiger partial charge in [0.25, 0.3) is 0 Å². The van der Waals surface area contributed by atoms with Gasteiger partial charge < -0.3 is 20.1 Å². The molecule has 2 N–H and O–H groups in total. The molecule has 0 atom stereocenters. The first-order chi connectivity index (χ1) is 19.5. The van der Waals surface area contributed by atoms with E-state index in [1.165, 1.54) is 23.5 Å². The maximum absolute atomic E-state index is 12.5. The van der Waals surface area contributed by atoms with Gasteiger partial charge in [-0.3, -0.25) is 9.59 Å². The molecule has 2 heterocycles. The normalized spacial score (nSPS) is 11.1. The topological polar surface area (TPSA) is 102 Å². The van der Waals surface area contributed by atoms with Crippen molar-refractivity contribution in [3.8, 4) is 11.5 Å². The van der Waals surface area contributed by atoms with Gasteiger partial charge in [-0.15, -0.1) is 22.7 Å². The molecular weight excluding hydrogens is 585 g/mol. The summed E-state index contributed by atoms with van der Waals surface area (Å²) >= 11 is 5.87. The van der Waals surface area contributed by atoms with Crippen molar-refractivity contribution in [2.75, 3.05) is 35.4 Å². The molecule has 0 unspecified atom stereocenters. The molecular formula is C28H26N4O4S4. The maximum atomic E-state index is 12.5. The van der Waals surface area contributed by atoms with E-state index in [1.807, 2.05) is 50.2 Å². The molecule has 2 aromatic heterocycles. The molecule has 0 spiro atoms. The summed E-state index contributed by atoms with van der Waals surface area (Å²) in [6, 6.07) is 18.7. The molecule has 0 aliphatic heterocycles. The Kier molecular flexibility index (Phi) is 9.42. The first-order valence-electron chi connectivity index (χ1n) is 12.5. The monoisotopic (exact) mass is 610 g/mol. The van der Waals surface area contributed by atoms with Crippen LogP contribution in [-0.4, -0.2) is 46.5 Å². The van der Waals surface area contributed by atoms with Gasteiger partial charge in [0.1, 0.15) is 11.5 Å². The molecule has 40 heavy (non-hydrogen) atoms. The summed E-state index contributed by atoms with van der Waals surface area (Å²) < 4.78 is 14.8. The minimum absolute atomic E-state index is 0.128. The molecule has 0 bridgehead atoms. The number of fused-ring (bicyclic) bond motifs is 2. The van der Waals surface area contributed by atoms with Crippen molar-refractivity contribution in [1.82, 2.24) is 9.97 Å². The van der Waals surface area contributed by atoms with Crippen LogP contribution in [0.5, 0.6) is 11.5 Å². The Balaban J connectivity index is 1.07. The third-order valence-electron chi connectivity index (χ3n) is 5.41. The van der Waals surface area contributed by atoms with Crippen molar-refractivity contribution >= 4 is 89.8 Å². The fourth-order valence-corrected chi connectivity index (χ4v) is 7.48. The highest BCUT2D eigenvalue weighted by Crippen LogP contribution is 2.33. The highest BCUT2D eigenvalue weighted by atomic mass is 32.2. The van der Waals surface area contributed by atoms with Crippen molar-refractivity contribution in [2.45, 2.75) is 22.5 Å². The standard InChI is InChI=1S/C28H26N4O4S4/c1-3-35-19-9-11-21-23(13-19)39-27(31-21)37-15-25(33)29-17-5-7-18(8-6-17)30-26(34)16-38-28-32-22-12-10-20(36-4-2)14-24(22)40-28/h5-14H,3-4,15-16H2,1-2H3,(H,29,33)(H,30,34). The minimum atomic E-state index is -0.128. The summed E-state index contributed by atoms with van der Waals surface area (Å²) in [4.78, 5) is 34.1. The van der Waals surface area contributed by atoms with Gasteiger partial charge in [0, 0.05) is 11.4 Å². The summed E-state index contributed by atoms with van der Waals surface area (Å²) in [7, 11) is 0. The molecule has 0 aliphatic carbocycles. The summed E-state index contributed by atoms with van der Waals surface area (Å²) in [6.07, 6.45) is 0. The van der Waals surface area contributed by atoms with Crippen LogP contribution in [0.1, 0.15) is 13.8 Å². The smallest absolute Gasteiger partial charge is 0.234 e. The van der Waals surface area contributed by atoms with Gasteiger partial charge in [-0.05, 0) is 74.5 Å². The summed E-state index contributed by atoms with van der Waals surface area (Å²) in [6.45, 7) is 5.12. The number of benzene rings is 3. The number of rotatable bonds is 12. The van der Waals surface area contributed by atoms with Crippen molar-refractivity contribution < 1.29 is 19.1 Å². The molecule has 5 rings (SSSR count). The van der Waals surface area contributed by atoms with Crippen LogP contribution in [0.15, 0.2) is 69.3 Å². The van der Waals surface area contributed by atoms with Crippen LogP contribution in [0.3, 0.4) is 0 Å². The van der Waals surface area contributed by atoms with E-state index in [9.17, 15) is 9.59 Å². The number of amides is 2. The highest BCUT2D eigenvalue weighted by molar-refractivity contribution is 8.02. The average molecular weight is 611 g/mol. The summed E-state index contributed by atoms with van der Waals surface area (Å²) in [5.74, 6) is 1.86. The van der Waals surface area contributed by atoms with Crippen molar-refractivity contribution in [3.05, 3.63) is 60.7 Å². The summed E-state index contributed by atoms with van der Waals surface area (Å²) in [5.41, 5.74) is 3.10. The Morgan fingerprint density at radius 1 is 0.700 bits per heavy atom. The molecule has 8 nitrogen and oxygen atoms in total. The molecule has 12 heteroatoms. The van der Waals surface area contributed by atoms with Crippen LogP contribution >= 0.6 is 46.2 Å². The van der Waals surface area contributed by atoms with E-state index in [4.69, 9.17) is 9.47 Å². The second-order valence-corrected chi connectivity index (χ2v) is 12.8. The van der Waals surface area contributed by atoms with E-state index >= 15 is 0 Å². The number of ether oxygens (including phenoxy) is 2. The van der Waals surface area contributed by atoms with Crippen LogP contribution in [0.25, 0.3) is 20.4 Å². The van der Waals surface area contributed by atoms with Crippen molar-refractivity contribution in [1.29, 1.82) is 0 Å². The first kappa shape index (κ1) is 28.2. The van der Waals surface area contributed by atoms with Crippen LogP contribution < -0.4 is 20.1 Å². The third-order valence-corrected chi connectivity index (χ3v) is 9.73. The molecule has 5 aromatic rings. The number of thioether (sulfide) groups is 2. The SMILES string of the molecule is CCOc1ccc2nc(SCC(=O)Nc3ccc(NC(=O)CSc4nc5ccc(OCC)cc5s4)cc3)sc2c1. The quantitative estimate of drug-likeness (QED) is 0.143. The van der Waals surface area contributed by atoms with E-state index in [-0.39, 0.29) is 23.3 Å². The maximum Gasteiger partial charge on any atom is 0.234 e. The highest BCUT2D eigenvalue weighted by Gasteiger charge is 2.11. The van der Waals surface area contributed by atoms with E-state index in [2.05, 4.69) is 20.6 Å². The number of carbonyl (C=O) groups excluding carboxylic acids is 2. The second kappa shape index (κ2) is 13.4. The molecule has 206 valence electrons. The Morgan fingerprint density at radius 3 is 1.52 bits per heavy atom. The number of nitrogens with one attached hydrogen (secondary N) is 2. The molecule has 0 radical (unpaired) electrons. The van der Waals surface area contributed by atoms with E-state index < -0.39 is 0 Å². The van der Waals surface area contributed by atoms with Crippen LogP contribution in [0, 0.1) is 0 Å². The van der Waals surface area contributed by atoms with E-state index in [0.29, 0.717) is 24.6 Å². The number of anilines is 2. The Morgan fingerprint density at radius 2 is 1.12 bits per heavy atom. The predicted molar refractivity (Wildman–Crippen MR) is 167 cm³/mol. The lowest BCUT2D eigenvalue weighted by Gasteiger charge is -2.07. The molecule has 0 aliphatic rings. The van der Waals surface area contributed by atoms with Gasteiger partial charge in [-0.2, -0.15) is 0 Å². The van der Waals surface area contributed by atoms with Gasteiger partial charge in [-0.1, -0.05) is 23.5 Å². The zero-order valence-electron chi connectivity index (χ0n) is 21.8. The minimum Gasteiger partial charge on any atom is -0.494 e. The zero-order valence-corrected chi connectivity index (χ0v) is 25.0. The lowest BCUT2D eigenvalue weighted by Crippen LogP contribution is -2.15. The van der Waals surface area contributed by atoms with Gasteiger partial charge in [0.05, 0.1) is 45.2 Å². The molecule has 0 fully saturated rings. The van der Waals surface area contributed by atoms with Gasteiger partial charge >= 0.3 is 0 Å². The largest absolute Gasteiger partial charge is 0.494 e. The number of hydrogen-bond donors (Lipinski definition) is 2. The van der Waals surface area contributed by atoms with Crippen molar-refractivity contribution in [3.63, 3.8) is 0 Å². The first-order valence-corrected chi connectivity index (χ1v) is 16.1. The number of aromatic nitrogens is 2. The zero-order chi connectivity index (χ0) is 27.9. The fourth-order valence-electron chi connectivity index (χ4n) is 3.69. The van der Waals surface area contributed by atoms with Crippen molar-refractivity contribution in [2.24, 2.45) is 0 Å². The lowest BCUT2D eigenvalue weighted by molar-refractivity contribution is -0.114. The van der Waals surface area contributed by atoms with E-state index in [1.54, 1.807) is 46.9 Å². The fraction of sp³-hybridized carbons (Fsp3) is 0.214. The van der Waals surface area contributed by atoms with Gasteiger partial charge in [0.2, 0.25) is 11.8 Å². The van der Waals surface area contributed by atoms with Gasteiger partial charge in [-0.25, -0.2) is 9.97 Å². The van der Waals surface area contributed by atoms with Crippen LogP contribution in [0.4, 0.5) is 11.4 Å². The Labute approximate surface area is 247 Å². The number of carbonyl (C=O) groups is 2. The average Bonchev–Trinajstić information content (AvgIpc) is 3.55. The Bertz CT molecular complexity index is 1510. The number of thiazole rings is 2. The van der Waals surface area contributed by atoms with Gasteiger partial charge in [0.15, 0.2) is 8.68 Å². The van der Waals surface area contributed by atoms with Crippen LogP contribution in [-0.2, 0) is 9.59 Å². The second-order valence-electron chi connectivity index (χ2n) is 8.34. The molecule has 3 aromatic carbocycles. The summed E-state index contributed by atoms with van der Waals surface area (Å²) in [5, 5.41) is 5.78. The Hall–Kier alpha value is -3.32. The third kappa shape index (κ3) is 7.45. The lowest BCUT2D eigenvalue weighted by atomic mass is 10.3. The number of hydrogen-bond acceptors (Lipinski definition) is 10. The predicted octanol–water partition coefficient (Wildman–Crippen LogP) is 7.17. The van der Waals surface area contributed by atoms with E-state index in [0.717, 1.165) is 40.6 Å². The number of nitrogens with zero attached hydrogens (tertiary/aromatic N) is 2. The molecule has 0 saturated heterocycles. The molecule has 0 saturated carbocycles.